The smallest absolute Gasteiger partial charge is 0.270 e. The van der Waals surface area contributed by atoms with Crippen LogP contribution < -0.4 is 0 Å². The van der Waals surface area contributed by atoms with Crippen molar-refractivity contribution in [2.75, 3.05) is 26.2 Å². The van der Waals surface area contributed by atoms with Crippen LogP contribution in [0.15, 0.2) is 48.7 Å². The summed E-state index contributed by atoms with van der Waals surface area (Å²) in [6.45, 7) is 2.35. The van der Waals surface area contributed by atoms with Gasteiger partial charge in [-0.2, -0.15) is 0 Å². The fraction of sp³-hybridized carbons (Fsp3) is 0.294. The SMILES string of the molecule is O=C(Cc1ccccc1)N1CCN(C(=O)c2ccc[nH]2)CC1. The lowest BCUT2D eigenvalue weighted by Crippen LogP contribution is -2.51. The van der Waals surface area contributed by atoms with Gasteiger partial charge in [-0.3, -0.25) is 9.59 Å². The lowest BCUT2D eigenvalue weighted by molar-refractivity contribution is -0.131. The van der Waals surface area contributed by atoms with Crippen LogP contribution in [0.3, 0.4) is 0 Å². The van der Waals surface area contributed by atoms with Crippen molar-refractivity contribution in [2.45, 2.75) is 6.42 Å². The minimum atomic E-state index is 0.000147. The number of hydrogen-bond acceptors (Lipinski definition) is 2. The van der Waals surface area contributed by atoms with E-state index in [9.17, 15) is 9.59 Å². The number of H-pyrrole nitrogens is 1. The zero-order valence-corrected chi connectivity index (χ0v) is 12.4. The summed E-state index contributed by atoms with van der Waals surface area (Å²) in [4.78, 5) is 31.1. The fourth-order valence-electron chi connectivity index (χ4n) is 2.67. The van der Waals surface area contributed by atoms with Crippen LogP contribution in [0.2, 0.25) is 0 Å². The molecule has 0 radical (unpaired) electrons. The highest BCUT2D eigenvalue weighted by atomic mass is 16.2. The largest absolute Gasteiger partial charge is 0.357 e. The van der Waals surface area contributed by atoms with E-state index in [1.807, 2.05) is 41.3 Å². The van der Waals surface area contributed by atoms with Crippen molar-refractivity contribution < 1.29 is 9.59 Å². The van der Waals surface area contributed by atoms with Crippen LogP contribution in [0, 0.1) is 0 Å². The number of carbonyl (C=O) groups is 2. The number of carbonyl (C=O) groups excluding carboxylic acids is 2. The van der Waals surface area contributed by atoms with E-state index in [2.05, 4.69) is 4.98 Å². The Hall–Kier alpha value is -2.56. The van der Waals surface area contributed by atoms with E-state index in [1.54, 1.807) is 17.2 Å². The molecule has 0 aliphatic carbocycles. The van der Waals surface area contributed by atoms with Crippen LogP contribution in [0.5, 0.6) is 0 Å². The molecule has 22 heavy (non-hydrogen) atoms. The van der Waals surface area contributed by atoms with Gasteiger partial charge in [-0.1, -0.05) is 30.3 Å². The number of nitrogens with one attached hydrogen (secondary N) is 1. The summed E-state index contributed by atoms with van der Waals surface area (Å²) < 4.78 is 0. The maximum Gasteiger partial charge on any atom is 0.270 e. The monoisotopic (exact) mass is 297 g/mol. The number of benzene rings is 1. The van der Waals surface area contributed by atoms with Crippen molar-refractivity contribution in [3.63, 3.8) is 0 Å². The molecule has 3 rings (SSSR count). The van der Waals surface area contributed by atoms with Gasteiger partial charge in [0.25, 0.3) is 5.91 Å². The van der Waals surface area contributed by atoms with Crippen molar-refractivity contribution >= 4 is 11.8 Å². The highest BCUT2D eigenvalue weighted by Gasteiger charge is 2.25. The predicted octanol–water partition coefficient (Wildman–Crippen LogP) is 1.54. The van der Waals surface area contributed by atoms with E-state index < -0.39 is 0 Å². The summed E-state index contributed by atoms with van der Waals surface area (Å²) in [6, 6.07) is 13.3. The van der Waals surface area contributed by atoms with Crippen LogP contribution in [-0.2, 0) is 11.2 Å². The highest BCUT2D eigenvalue weighted by Crippen LogP contribution is 2.09. The van der Waals surface area contributed by atoms with Gasteiger partial charge in [0.05, 0.1) is 6.42 Å². The van der Waals surface area contributed by atoms with Gasteiger partial charge in [0, 0.05) is 32.4 Å². The third-order valence-corrected chi connectivity index (χ3v) is 3.95. The summed E-state index contributed by atoms with van der Waals surface area (Å²) in [6.07, 6.45) is 2.16. The van der Waals surface area contributed by atoms with Gasteiger partial charge in [-0.15, -0.1) is 0 Å². The molecule has 1 aliphatic heterocycles. The second kappa shape index (κ2) is 6.47. The van der Waals surface area contributed by atoms with Gasteiger partial charge in [0.2, 0.25) is 5.91 Å². The maximum absolute atomic E-state index is 12.3. The molecule has 0 bridgehead atoms. The lowest BCUT2D eigenvalue weighted by atomic mass is 10.1. The van der Waals surface area contributed by atoms with E-state index in [0.29, 0.717) is 38.3 Å². The molecule has 5 nitrogen and oxygen atoms in total. The first-order chi connectivity index (χ1) is 10.7. The number of amides is 2. The lowest BCUT2D eigenvalue weighted by Gasteiger charge is -2.34. The quantitative estimate of drug-likeness (QED) is 0.934. The number of rotatable bonds is 3. The molecule has 114 valence electrons. The van der Waals surface area contributed by atoms with Crippen molar-refractivity contribution in [3.05, 3.63) is 59.9 Å². The van der Waals surface area contributed by atoms with Crippen LogP contribution >= 0.6 is 0 Å². The molecular weight excluding hydrogens is 278 g/mol. The third-order valence-electron chi connectivity index (χ3n) is 3.95. The molecule has 1 saturated heterocycles. The van der Waals surface area contributed by atoms with Gasteiger partial charge in [0.1, 0.15) is 5.69 Å². The number of aromatic nitrogens is 1. The summed E-state index contributed by atoms with van der Waals surface area (Å²) in [5, 5.41) is 0. The van der Waals surface area contributed by atoms with E-state index >= 15 is 0 Å². The van der Waals surface area contributed by atoms with Crippen LogP contribution in [0.25, 0.3) is 0 Å². The molecular formula is C17H19N3O2. The first-order valence-corrected chi connectivity index (χ1v) is 7.48. The zero-order valence-electron chi connectivity index (χ0n) is 12.4. The Labute approximate surface area is 129 Å². The summed E-state index contributed by atoms with van der Waals surface area (Å²) in [5.41, 5.74) is 1.63. The first-order valence-electron chi connectivity index (χ1n) is 7.48. The molecule has 2 amide bonds. The molecule has 2 heterocycles. The summed E-state index contributed by atoms with van der Waals surface area (Å²) >= 11 is 0. The average molecular weight is 297 g/mol. The molecule has 0 unspecified atom stereocenters. The number of nitrogens with zero attached hydrogens (tertiary/aromatic N) is 2. The van der Waals surface area contributed by atoms with Crippen LogP contribution in [0.1, 0.15) is 16.1 Å². The Morgan fingerprint density at radius 2 is 1.59 bits per heavy atom. The molecule has 1 fully saturated rings. The molecule has 2 aromatic rings. The Balaban J connectivity index is 1.53. The Kier molecular flexibility index (Phi) is 4.23. The second-order valence-corrected chi connectivity index (χ2v) is 5.42. The van der Waals surface area contributed by atoms with E-state index in [1.165, 1.54) is 0 Å². The Bertz CT molecular complexity index is 629. The Morgan fingerprint density at radius 1 is 0.909 bits per heavy atom. The number of hydrogen-bond donors (Lipinski definition) is 1. The maximum atomic E-state index is 12.3. The summed E-state index contributed by atoms with van der Waals surface area (Å²) in [5.74, 6) is 0.123. The first kappa shape index (κ1) is 14.4. The van der Waals surface area contributed by atoms with Crippen LogP contribution in [0.4, 0.5) is 0 Å². The predicted molar refractivity (Wildman–Crippen MR) is 83.4 cm³/mol. The molecule has 0 atom stereocenters. The fourth-order valence-corrected chi connectivity index (χ4v) is 2.67. The zero-order chi connectivity index (χ0) is 15.4. The van der Waals surface area contributed by atoms with E-state index in [-0.39, 0.29) is 11.8 Å². The third kappa shape index (κ3) is 3.19. The average Bonchev–Trinajstić information content (AvgIpc) is 3.10. The number of aromatic amines is 1. The standard InChI is InChI=1S/C17H19N3O2/c21-16(13-14-5-2-1-3-6-14)19-9-11-20(12-10-19)17(22)15-7-4-8-18-15/h1-8,18H,9-13H2. The van der Waals surface area contributed by atoms with Crippen molar-refractivity contribution in [1.29, 1.82) is 0 Å². The summed E-state index contributed by atoms with van der Waals surface area (Å²) in [7, 11) is 0. The highest BCUT2D eigenvalue weighted by molar-refractivity contribution is 5.92. The molecule has 1 N–H and O–H groups in total. The number of piperazine rings is 1. The van der Waals surface area contributed by atoms with Gasteiger partial charge < -0.3 is 14.8 Å². The molecule has 1 aliphatic rings. The minimum absolute atomic E-state index is 0.000147. The van der Waals surface area contributed by atoms with E-state index in [0.717, 1.165) is 5.56 Å². The molecule has 1 aromatic heterocycles. The van der Waals surface area contributed by atoms with Gasteiger partial charge in [0.15, 0.2) is 0 Å². The molecule has 1 aromatic carbocycles. The topological polar surface area (TPSA) is 56.4 Å². The van der Waals surface area contributed by atoms with Crippen molar-refractivity contribution in [3.8, 4) is 0 Å². The molecule has 0 spiro atoms. The second-order valence-electron chi connectivity index (χ2n) is 5.42. The van der Waals surface area contributed by atoms with Gasteiger partial charge >= 0.3 is 0 Å². The van der Waals surface area contributed by atoms with Crippen LogP contribution in [-0.4, -0.2) is 52.8 Å². The van der Waals surface area contributed by atoms with Crippen molar-refractivity contribution in [1.82, 2.24) is 14.8 Å². The van der Waals surface area contributed by atoms with Gasteiger partial charge in [-0.05, 0) is 17.7 Å². The molecule has 0 saturated carbocycles. The minimum Gasteiger partial charge on any atom is -0.357 e. The Morgan fingerprint density at radius 3 is 2.23 bits per heavy atom. The van der Waals surface area contributed by atoms with Gasteiger partial charge in [-0.25, -0.2) is 0 Å². The molecule has 5 heteroatoms. The normalized spacial score (nSPS) is 14.9. The van der Waals surface area contributed by atoms with E-state index in [4.69, 9.17) is 0 Å². The van der Waals surface area contributed by atoms with Crippen molar-refractivity contribution in [2.24, 2.45) is 0 Å².